The van der Waals surface area contributed by atoms with Crippen LogP contribution in [0.2, 0.25) is 0 Å². The predicted molar refractivity (Wildman–Crippen MR) is 70.6 cm³/mol. The summed E-state index contributed by atoms with van der Waals surface area (Å²) in [5, 5.41) is 10.3. The topological polar surface area (TPSA) is 59.0 Å². The zero-order chi connectivity index (χ0) is 14.4. The first-order valence-corrected chi connectivity index (χ1v) is 6.96. The van der Waals surface area contributed by atoms with Crippen molar-refractivity contribution in [2.75, 3.05) is 6.61 Å². The van der Waals surface area contributed by atoms with Crippen LogP contribution in [0.4, 0.5) is 4.79 Å². The van der Waals surface area contributed by atoms with Crippen molar-refractivity contribution in [2.24, 2.45) is 5.92 Å². The number of aliphatic hydroxyl groups is 1. The van der Waals surface area contributed by atoms with E-state index in [4.69, 9.17) is 9.47 Å². The van der Waals surface area contributed by atoms with Gasteiger partial charge < -0.3 is 14.6 Å². The molecule has 0 radical (unpaired) electrons. The highest BCUT2D eigenvalue weighted by molar-refractivity contribution is 5.70. The van der Waals surface area contributed by atoms with E-state index < -0.39 is 23.5 Å². The number of hydrogen-bond acceptors (Lipinski definition) is 4. The Balaban J connectivity index is 2.13. The Kier molecular flexibility index (Phi) is 3.56. The van der Waals surface area contributed by atoms with Gasteiger partial charge in [-0.3, -0.25) is 4.90 Å². The van der Waals surface area contributed by atoms with Crippen molar-refractivity contribution in [2.45, 2.75) is 70.9 Å². The molecule has 110 valence electrons. The van der Waals surface area contributed by atoms with Gasteiger partial charge in [0.1, 0.15) is 11.3 Å². The summed E-state index contributed by atoms with van der Waals surface area (Å²) in [5.41, 5.74) is -1.28. The SMILES string of the molecule is CC(C)(C)OC(=O)N1C(C(O)C2CC2)COC1(C)C. The van der Waals surface area contributed by atoms with E-state index in [1.165, 1.54) is 0 Å². The third-order valence-corrected chi connectivity index (χ3v) is 3.61. The molecule has 1 heterocycles. The number of rotatable bonds is 2. The first-order chi connectivity index (χ1) is 8.62. The highest BCUT2D eigenvalue weighted by atomic mass is 16.6. The summed E-state index contributed by atoms with van der Waals surface area (Å²) in [6, 6.07) is -0.308. The van der Waals surface area contributed by atoms with Crippen LogP contribution >= 0.6 is 0 Å². The molecule has 2 atom stereocenters. The Labute approximate surface area is 114 Å². The maximum absolute atomic E-state index is 12.3. The minimum Gasteiger partial charge on any atom is -0.444 e. The summed E-state index contributed by atoms with van der Waals surface area (Å²) < 4.78 is 11.1. The molecule has 5 nitrogen and oxygen atoms in total. The van der Waals surface area contributed by atoms with E-state index in [0.717, 1.165) is 12.8 Å². The van der Waals surface area contributed by atoms with Crippen LogP contribution in [0.15, 0.2) is 0 Å². The maximum atomic E-state index is 12.3. The lowest BCUT2D eigenvalue weighted by atomic mass is 10.1. The van der Waals surface area contributed by atoms with Gasteiger partial charge in [-0.1, -0.05) is 0 Å². The van der Waals surface area contributed by atoms with E-state index in [1.54, 1.807) is 4.90 Å². The highest BCUT2D eigenvalue weighted by Crippen LogP contribution is 2.39. The van der Waals surface area contributed by atoms with Gasteiger partial charge >= 0.3 is 6.09 Å². The molecular formula is C14H25NO4. The Bertz CT molecular complexity index is 357. The number of aliphatic hydroxyl groups excluding tert-OH is 1. The Morgan fingerprint density at radius 3 is 2.47 bits per heavy atom. The van der Waals surface area contributed by atoms with Crippen LogP contribution in [0.3, 0.4) is 0 Å². The summed E-state index contributed by atoms with van der Waals surface area (Å²) in [5.74, 6) is 0.299. The van der Waals surface area contributed by atoms with Crippen molar-refractivity contribution < 1.29 is 19.4 Å². The Morgan fingerprint density at radius 1 is 1.42 bits per heavy atom. The molecule has 1 N–H and O–H groups in total. The summed E-state index contributed by atoms with van der Waals surface area (Å²) >= 11 is 0. The molecule has 2 unspecified atom stereocenters. The fourth-order valence-corrected chi connectivity index (χ4v) is 2.50. The monoisotopic (exact) mass is 271 g/mol. The highest BCUT2D eigenvalue weighted by Gasteiger charge is 2.51. The van der Waals surface area contributed by atoms with Gasteiger partial charge in [0.15, 0.2) is 0 Å². The van der Waals surface area contributed by atoms with Crippen LogP contribution < -0.4 is 0 Å². The second-order valence-electron chi connectivity index (χ2n) is 7.00. The van der Waals surface area contributed by atoms with Crippen LogP contribution in [-0.2, 0) is 9.47 Å². The van der Waals surface area contributed by atoms with Gasteiger partial charge in [-0.25, -0.2) is 4.79 Å². The molecule has 2 aliphatic rings. The van der Waals surface area contributed by atoms with Gasteiger partial charge in [0.05, 0.1) is 18.8 Å². The predicted octanol–water partition coefficient (Wildman–Crippen LogP) is 2.13. The number of carbonyl (C=O) groups excluding carboxylic acids is 1. The second-order valence-corrected chi connectivity index (χ2v) is 7.00. The van der Waals surface area contributed by atoms with E-state index in [1.807, 2.05) is 34.6 Å². The lowest BCUT2D eigenvalue weighted by Crippen LogP contribution is -2.53. The summed E-state index contributed by atoms with van der Waals surface area (Å²) in [6.45, 7) is 9.53. The summed E-state index contributed by atoms with van der Waals surface area (Å²) in [7, 11) is 0. The van der Waals surface area contributed by atoms with E-state index in [2.05, 4.69) is 0 Å². The molecule has 5 heteroatoms. The molecular weight excluding hydrogens is 246 g/mol. The van der Waals surface area contributed by atoms with E-state index in [-0.39, 0.29) is 6.04 Å². The third kappa shape index (κ3) is 3.20. The van der Waals surface area contributed by atoms with Crippen molar-refractivity contribution in [3.63, 3.8) is 0 Å². The van der Waals surface area contributed by atoms with Crippen LogP contribution in [0.5, 0.6) is 0 Å². The number of nitrogens with zero attached hydrogens (tertiary/aromatic N) is 1. The molecule has 1 aliphatic carbocycles. The van der Waals surface area contributed by atoms with Crippen LogP contribution in [0.1, 0.15) is 47.5 Å². The van der Waals surface area contributed by atoms with Crippen LogP contribution in [-0.4, -0.2) is 46.2 Å². The largest absolute Gasteiger partial charge is 0.444 e. The molecule has 0 spiro atoms. The van der Waals surface area contributed by atoms with Gasteiger partial charge in [-0.2, -0.15) is 0 Å². The van der Waals surface area contributed by atoms with E-state index in [0.29, 0.717) is 12.5 Å². The fourth-order valence-electron chi connectivity index (χ4n) is 2.50. The molecule has 0 aromatic carbocycles. The first-order valence-electron chi connectivity index (χ1n) is 6.96. The van der Waals surface area contributed by atoms with Gasteiger partial charge in [0.25, 0.3) is 0 Å². The van der Waals surface area contributed by atoms with Gasteiger partial charge in [0, 0.05) is 0 Å². The molecule has 1 saturated heterocycles. The number of amides is 1. The van der Waals surface area contributed by atoms with Gasteiger partial charge in [0.2, 0.25) is 0 Å². The molecule has 1 saturated carbocycles. The second kappa shape index (κ2) is 4.63. The van der Waals surface area contributed by atoms with Crippen LogP contribution in [0.25, 0.3) is 0 Å². The molecule has 0 bridgehead atoms. The zero-order valence-corrected chi connectivity index (χ0v) is 12.5. The lowest BCUT2D eigenvalue weighted by molar-refractivity contribution is -0.0686. The number of ether oxygens (including phenoxy) is 2. The minimum absolute atomic E-state index is 0.299. The smallest absolute Gasteiger partial charge is 0.412 e. The van der Waals surface area contributed by atoms with E-state index in [9.17, 15) is 9.90 Å². The minimum atomic E-state index is -0.733. The molecule has 2 rings (SSSR count). The molecule has 1 aliphatic heterocycles. The van der Waals surface area contributed by atoms with Gasteiger partial charge in [-0.05, 0) is 53.4 Å². The maximum Gasteiger partial charge on any atom is 0.412 e. The third-order valence-electron chi connectivity index (χ3n) is 3.61. The quantitative estimate of drug-likeness (QED) is 0.836. The lowest BCUT2D eigenvalue weighted by Gasteiger charge is -2.36. The molecule has 1 amide bonds. The Hall–Kier alpha value is -0.810. The molecule has 2 fully saturated rings. The molecule has 19 heavy (non-hydrogen) atoms. The average Bonchev–Trinajstić information content (AvgIpc) is 2.99. The van der Waals surface area contributed by atoms with Crippen molar-refractivity contribution in [3.8, 4) is 0 Å². The summed E-state index contributed by atoms with van der Waals surface area (Å²) in [4.78, 5) is 13.9. The normalized spacial score (nSPS) is 28.3. The van der Waals surface area contributed by atoms with Crippen molar-refractivity contribution in [1.29, 1.82) is 0 Å². The van der Waals surface area contributed by atoms with Crippen LogP contribution in [0, 0.1) is 5.92 Å². The van der Waals surface area contributed by atoms with Gasteiger partial charge in [-0.15, -0.1) is 0 Å². The summed E-state index contributed by atoms with van der Waals surface area (Å²) in [6.07, 6.45) is 1.12. The van der Waals surface area contributed by atoms with Crippen molar-refractivity contribution >= 4 is 6.09 Å². The first kappa shape index (κ1) is 14.6. The zero-order valence-electron chi connectivity index (χ0n) is 12.5. The standard InChI is InChI=1S/C14H25NO4/c1-13(2,3)19-12(17)15-10(8-18-14(15,4)5)11(16)9-6-7-9/h9-11,16H,6-8H2,1-5H3. The number of carbonyl (C=O) groups is 1. The van der Waals surface area contributed by atoms with Crippen molar-refractivity contribution in [1.82, 2.24) is 4.90 Å². The Morgan fingerprint density at radius 2 is 2.00 bits per heavy atom. The molecule has 0 aromatic heterocycles. The number of hydrogen-bond donors (Lipinski definition) is 1. The fraction of sp³-hybridized carbons (Fsp3) is 0.929. The average molecular weight is 271 g/mol. The van der Waals surface area contributed by atoms with E-state index >= 15 is 0 Å². The molecule has 0 aromatic rings. The van der Waals surface area contributed by atoms with Crippen molar-refractivity contribution in [3.05, 3.63) is 0 Å².